The highest BCUT2D eigenvalue weighted by atomic mass is 35.5. The molecule has 3 rings (SSSR count). The molecule has 0 saturated carbocycles. The van der Waals surface area contributed by atoms with Gasteiger partial charge in [-0.15, -0.1) is 11.3 Å². The molecule has 1 aromatic heterocycles. The van der Waals surface area contributed by atoms with Crippen LogP contribution < -0.4 is 10.6 Å². The number of carbonyl (C=O) groups excluding carboxylic acids is 3. The Bertz CT molecular complexity index is 1040. The van der Waals surface area contributed by atoms with Crippen LogP contribution in [0.2, 0.25) is 5.02 Å². The molecule has 0 fully saturated rings. The fourth-order valence-electron chi connectivity index (χ4n) is 2.81. The molecule has 0 saturated heterocycles. The summed E-state index contributed by atoms with van der Waals surface area (Å²) >= 11 is 7.50. The molecule has 0 aliphatic heterocycles. The number of amides is 2. The van der Waals surface area contributed by atoms with Gasteiger partial charge in [-0.2, -0.15) is 0 Å². The van der Waals surface area contributed by atoms with Gasteiger partial charge in [0.05, 0.1) is 5.02 Å². The third kappa shape index (κ3) is 6.05. The van der Waals surface area contributed by atoms with E-state index < -0.39 is 11.9 Å². The van der Waals surface area contributed by atoms with Crippen LogP contribution >= 0.6 is 22.9 Å². The van der Waals surface area contributed by atoms with E-state index in [1.807, 2.05) is 54.6 Å². The van der Waals surface area contributed by atoms with E-state index in [9.17, 15) is 14.4 Å². The predicted molar refractivity (Wildman–Crippen MR) is 118 cm³/mol. The minimum Gasteiger partial charge on any atom is -0.454 e. The highest BCUT2D eigenvalue weighted by Gasteiger charge is 2.18. The average molecular weight is 445 g/mol. The zero-order valence-corrected chi connectivity index (χ0v) is 17.7. The Morgan fingerprint density at radius 2 is 1.70 bits per heavy atom. The van der Waals surface area contributed by atoms with Crippen molar-refractivity contribution in [3.8, 4) is 0 Å². The molecule has 0 radical (unpaired) electrons. The van der Waals surface area contributed by atoms with E-state index in [0.29, 0.717) is 16.4 Å². The molecular formula is C22H21ClN2O4S. The number of hydrogen-bond acceptors (Lipinski definition) is 5. The highest BCUT2D eigenvalue weighted by Crippen LogP contribution is 2.34. The molecule has 0 aliphatic rings. The number of halogens is 1. The van der Waals surface area contributed by atoms with E-state index in [1.54, 1.807) is 0 Å². The second-order valence-electron chi connectivity index (χ2n) is 6.52. The second-order valence-corrected chi connectivity index (χ2v) is 7.95. The van der Waals surface area contributed by atoms with Crippen molar-refractivity contribution in [2.45, 2.75) is 12.8 Å². The molecule has 0 unspecified atom stereocenters. The second kappa shape index (κ2) is 10.8. The molecule has 0 spiro atoms. The zero-order valence-electron chi connectivity index (χ0n) is 16.2. The summed E-state index contributed by atoms with van der Waals surface area (Å²) in [6.07, 6.45) is 1.64. The Kier molecular flexibility index (Phi) is 7.82. The first-order chi connectivity index (χ1) is 14.5. The summed E-state index contributed by atoms with van der Waals surface area (Å²) in [5, 5.41) is 6.33. The maximum Gasteiger partial charge on any atom is 0.325 e. The molecule has 0 aliphatic carbocycles. The molecule has 3 aromatic rings. The van der Waals surface area contributed by atoms with Crippen molar-refractivity contribution in [3.05, 3.63) is 70.1 Å². The first kappa shape index (κ1) is 21.8. The van der Waals surface area contributed by atoms with Gasteiger partial charge < -0.3 is 15.4 Å². The quantitative estimate of drug-likeness (QED) is 0.390. The Morgan fingerprint density at radius 3 is 2.47 bits per heavy atom. The number of ether oxygens (including phenoxy) is 1. The molecule has 0 atom stereocenters. The van der Waals surface area contributed by atoms with Crippen molar-refractivity contribution in [3.63, 3.8) is 0 Å². The van der Waals surface area contributed by atoms with Crippen LogP contribution in [-0.4, -0.2) is 37.5 Å². The number of fused-ring (bicyclic) bond motifs is 1. The number of nitrogens with one attached hydrogen (secondary N) is 2. The van der Waals surface area contributed by atoms with Crippen LogP contribution in [0, 0.1) is 0 Å². The number of benzene rings is 2. The molecule has 6 nitrogen and oxygen atoms in total. The predicted octanol–water partition coefficient (Wildman–Crippen LogP) is 3.58. The van der Waals surface area contributed by atoms with Crippen molar-refractivity contribution in [2.75, 3.05) is 19.7 Å². The fourth-order valence-corrected chi connectivity index (χ4v) is 4.24. The number of carbonyl (C=O) groups is 3. The standard InChI is InChI=1S/C22H21ClN2O4S/c23-20-16-10-4-5-11-17(16)30-21(20)22(28)25-13-19(27)29-14-18(26)24-12-6-9-15-7-2-1-3-8-15/h1-5,7-8,10-11H,6,9,12-14H2,(H,24,26)(H,25,28). The minimum absolute atomic E-state index is 0.335. The van der Waals surface area contributed by atoms with Gasteiger partial charge in [-0.25, -0.2) is 0 Å². The lowest BCUT2D eigenvalue weighted by molar-refractivity contribution is -0.147. The lowest BCUT2D eigenvalue weighted by atomic mass is 10.1. The van der Waals surface area contributed by atoms with Crippen LogP contribution in [0.4, 0.5) is 0 Å². The molecular weight excluding hydrogens is 424 g/mol. The first-order valence-electron chi connectivity index (χ1n) is 9.46. The van der Waals surface area contributed by atoms with Crippen molar-refractivity contribution >= 4 is 50.8 Å². The Hall–Kier alpha value is -2.90. The Morgan fingerprint density at radius 1 is 0.967 bits per heavy atom. The summed E-state index contributed by atoms with van der Waals surface area (Å²) < 4.78 is 5.79. The van der Waals surface area contributed by atoms with Crippen LogP contribution in [0.5, 0.6) is 0 Å². The zero-order chi connectivity index (χ0) is 21.3. The van der Waals surface area contributed by atoms with Crippen LogP contribution in [-0.2, 0) is 20.7 Å². The third-order valence-corrected chi connectivity index (χ3v) is 5.98. The number of rotatable bonds is 9. The van der Waals surface area contributed by atoms with Crippen LogP contribution in [0.15, 0.2) is 54.6 Å². The summed E-state index contributed by atoms with van der Waals surface area (Å²) in [4.78, 5) is 36.2. The van der Waals surface area contributed by atoms with Gasteiger partial charge in [0.15, 0.2) is 6.61 Å². The molecule has 2 aromatic carbocycles. The van der Waals surface area contributed by atoms with Gasteiger partial charge in [0.2, 0.25) is 0 Å². The molecule has 2 N–H and O–H groups in total. The number of esters is 1. The van der Waals surface area contributed by atoms with E-state index in [0.717, 1.165) is 22.9 Å². The smallest absolute Gasteiger partial charge is 0.325 e. The largest absolute Gasteiger partial charge is 0.454 e. The van der Waals surface area contributed by atoms with E-state index in [4.69, 9.17) is 16.3 Å². The summed E-state index contributed by atoms with van der Waals surface area (Å²) in [6, 6.07) is 17.4. The number of aryl methyl sites for hydroxylation is 1. The van der Waals surface area contributed by atoms with Crippen LogP contribution in [0.3, 0.4) is 0 Å². The van der Waals surface area contributed by atoms with Gasteiger partial charge in [0.25, 0.3) is 11.8 Å². The van der Waals surface area contributed by atoms with E-state index in [1.165, 1.54) is 16.9 Å². The molecule has 8 heteroatoms. The number of hydrogen-bond donors (Lipinski definition) is 2. The lowest BCUT2D eigenvalue weighted by Gasteiger charge is -2.07. The average Bonchev–Trinajstić information content (AvgIpc) is 3.11. The number of thiophene rings is 1. The van der Waals surface area contributed by atoms with E-state index in [2.05, 4.69) is 10.6 Å². The van der Waals surface area contributed by atoms with E-state index in [-0.39, 0.29) is 19.1 Å². The van der Waals surface area contributed by atoms with Gasteiger partial charge in [-0.05, 0) is 24.5 Å². The molecule has 2 amide bonds. The summed E-state index contributed by atoms with van der Waals surface area (Å²) in [5.41, 5.74) is 1.20. The van der Waals surface area contributed by atoms with Gasteiger partial charge in [-0.3, -0.25) is 14.4 Å². The molecule has 156 valence electrons. The summed E-state index contributed by atoms with van der Waals surface area (Å²) in [6.45, 7) is -0.235. The van der Waals surface area contributed by atoms with Gasteiger partial charge in [0, 0.05) is 16.6 Å². The third-order valence-electron chi connectivity index (χ3n) is 4.31. The van der Waals surface area contributed by atoms with Crippen molar-refractivity contribution < 1.29 is 19.1 Å². The maximum atomic E-state index is 12.3. The highest BCUT2D eigenvalue weighted by molar-refractivity contribution is 7.21. The van der Waals surface area contributed by atoms with Crippen LogP contribution in [0.25, 0.3) is 10.1 Å². The normalized spacial score (nSPS) is 10.6. The summed E-state index contributed by atoms with van der Waals surface area (Å²) in [7, 11) is 0. The fraction of sp³-hybridized carbons (Fsp3) is 0.227. The topological polar surface area (TPSA) is 84.5 Å². The Labute approximate surface area is 183 Å². The van der Waals surface area contributed by atoms with Gasteiger partial charge >= 0.3 is 5.97 Å². The van der Waals surface area contributed by atoms with Crippen molar-refractivity contribution in [1.29, 1.82) is 0 Å². The minimum atomic E-state index is -0.694. The monoisotopic (exact) mass is 444 g/mol. The molecule has 1 heterocycles. The maximum absolute atomic E-state index is 12.3. The summed E-state index contributed by atoms with van der Waals surface area (Å²) in [5.74, 6) is -1.53. The van der Waals surface area contributed by atoms with Gasteiger partial charge in [-0.1, -0.05) is 60.1 Å². The van der Waals surface area contributed by atoms with E-state index >= 15 is 0 Å². The molecule has 30 heavy (non-hydrogen) atoms. The molecule has 0 bridgehead atoms. The van der Waals surface area contributed by atoms with Crippen molar-refractivity contribution in [2.24, 2.45) is 0 Å². The Balaban J connectivity index is 1.34. The van der Waals surface area contributed by atoms with Crippen LogP contribution in [0.1, 0.15) is 21.7 Å². The lowest BCUT2D eigenvalue weighted by Crippen LogP contribution is -2.34. The van der Waals surface area contributed by atoms with Gasteiger partial charge in [0.1, 0.15) is 11.4 Å². The SMILES string of the molecule is O=C(COC(=O)CNC(=O)c1sc2ccccc2c1Cl)NCCCc1ccccc1. The first-order valence-corrected chi connectivity index (χ1v) is 10.7. The van der Waals surface area contributed by atoms with Crippen molar-refractivity contribution in [1.82, 2.24) is 10.6 Å².